The topological polar surface area (TPSA) is 55.1 Å². The second kappa shape index (κ2) is 5.17. The molecule has 1 aromatic rings. The third-order valence-corrected chi connectivity index (χ3v) is 2.15. The second-order valence-corrected chi connectivity index (χ2v) is 3.34. The Kier molecular flexibility index (Phi) is 3.90. The van der Waals surface area contributed by atoms with Crippen molar-refractivity contribution in [3.8, 4) is 12.3 Å². The van der Waals surface area contributed by atoms with Crippen LogP contribution in [0, 0.1) is 18.2 Å². The van der Waals surface area contributed by atoms with Crippen molar-refractivity contribution in [3.63, 3.8) is 0 Å². The lowest BCUT2D eigenvalue weighted by Gasteiger charge is -2.11. The molecule has 84 valence electrons. The van der Waals surface area contributed by atoms with Gasteiger partial charge in [0.25, 0.3) is 5.91 Å². The van der Waals surface area contributed by atoms with Gasteiger partial charge in [-0.3, -0.25) is 4.79 Å². The lowest BCUT2D eigenvalue weighted by molar-refractivity contribution is 0.0941. The highest BCUT2D eigenvalue weighted by Crippen LogP contribution is 2.11. The summed E-state index contributed by atoms with van der Waals surface area (Å²) < 4.78 is 13.4. The van der Waals surface area contributed by atoms with Crippen molar-refractivity contribution in [3.05, 3.63) is 29.6 Å². The van der Waals surface area contributed by atoms with Crippen LogP contribution in [0.1, 0.15) is 23.7 Å². The molecule has 1 amide bonds. The first-order valence-corrected chi connectivity index (χ1v) is 4.90. The molecule has 3 nitrogen and oxygen atoms in total. The van der Waals surface area contributed by atoms with E-state index in [2.05, 4.69) is 11.2 Å². The molecule has 3 N–H and O–H groups in total. The molecule has 0 aliphatic rings. The van der Waals surface area contributed by atoms with Crippen molar-refractivity contribution in [2.75, 3.05) is 5.73 Å². The van der Waals surface area contributed by atoms with Crippen LogP contribution >= 0.6 is 0 Å². The molecule has 0 saturated heterocycles. The van der Waals surface area contributed by atoms with Crippen molar-refractivity contribution in [1.29, 1.82) is 0 Å². The number of nitrogens with one attached hydrogen (secondary N) is 1. The number of nitrogens with two attached hydrogens (primary N) is 1. The molecule has 0 bridgehead atoms. The number of nitrogen functional groups attached to an aromatic ring is 1. The maximum atomic E-state index is 13.4. The average molecular weight is 220 g/mol. The number of carbonyl (C=O) groups is 1. The van der Waals surface area contributed by atoms with Gasteiger partial charge in [-0.05, 0) is 24.6 Å². The molecule has 0 aromatic heterocycles. The molecule has 0 heterocycles. The van der Waals surface area contributed by atoms with Crippen LogP contribution in [-0.4, -0.2) is 11.9 Å². The van der Waals surface area contributed by atoms with Gasteiger partial charge in [0.1, 0.15) is 5.82 Å². The van der Waals surface area contributed by atoms with Gasteiger partial charge in [0.05, 0.1) is 11.6 Å². The molecule has 0 radical (unpaired) electrons. The van der Waals surface area contributed by atoms with Crippen molar-refractivity contribution in [2.45, 2.75) is 19.4 Å². The number of amides is 1. The minimum absolute atomic E-state index is 0.0529. The van der Waals surface area contributed by atoms with Gasteiger partial charge in [-0.25, -0.2) is 4.39 Å². The van der Waals surface area contributed by atoms with Gasteiger partial charge in [0.2, 0.25) is 0 Å². The van der Waals surface area contributed by atoms with Crippen LogP contribution < -0.4 is 11.1 Å². The highest BCUT2D eigenvalue weighted by Gasteiger charge is 2.14. The van der Waals surface area contributed by atoms with E-state index in [9.17, 15) is 9.18 Å². The fraction of sp³-hybridized carbons (Fsp3) is 0.250. The second-order valence-electron chi connectivity index (χ2n) is 3.34. The van der Waals surface area contributed by atoms with Crippen LogP contribution in [0.5, 0.6) is 0 Å². The summed E-state index contributed by atoms with van der Waals surface area (Å²) in [6, 6.07) is 3.52. The lowest BCUT2D eigenvalue weighted by atomic mass is 10.1. The Labute approximate surface area is 93.8 Å². The van der Waals surface area contributed by atoms with E-state index < -0.39 is 11.7 Å². The summed E-state index contributed by atoms with van der Waals surface area (Å²) in [6.45, 7) is 1.84. The molecule has 4 heteroatoms. The van der Waals surface area contributed by atoms with Gasteiger partial charge in [0, 0.05) is 5.69 Å². The predicted molar refractivity (Wildman–Crippen MR) is 61.2 cm³/mol. The number of halogens is 1. The van der Waals surface area contributed by atoms with Gasteiger partial charge in [-0.2, -0.15) is 0 Å². The van der Waals surface area contributed by atoms with E-state index in [4.69, 9.17) is 12.2 Å². The molecule has 0 saturated carbocycles. The first-order valence-electron chi connectivity index (χ1n) is 4.90. The minimum Gasteiger partial charge on any atom is -0.399 e. The molecule has 0 fully saturated rings. The number of hydrogen-bond acceptors (Lipinski definition) is 2. The van der Waals surface area contributed by atoms with Crippen LogP contribution in [0.2, 0.25) is 0 Å². The van der Waals surface area contributed by atoms with E-state index in [0.717, 1.165) is 6.07 Å². The standard InChI is InChI=1S/C12H13FN2O/c1-3-9(4-2)15-12(16)10-6-5-8(14)7-11(10)13/h1,5-7,9H,4,14H2,2H3,(H,15,16). The van der Waals surface area contributed by atoms with E-state index >= 15 is 0 Å². The van der Waals surface area contributed by atoms with E-state index in [1.54, 1.807) is 0 Å². The molecule has 0 aliphatic heterocycles. The fourth-order valence-corrected chi connectivity index (χ4v) is 1.21. The summed E-state index contributed by atoms with van der Waals surface area (Å²) in [6.07, 6.45) is 5.79. The average Bonchev–Trinajstić information content (AvgIpc) is 2.25. The zero-order valence-corrected chi connectivity index (χ0v) is 8.96. The summed E-state index contributed by atoms with van der Waals surface area (Å²) in [5.41, 5.74) is 5.60. The SMILES string of the molecule is C#CC(CC)NC(=O)c1ccc(N)cc1F. The predicted octanol–water partition coefficient (Wildman–Crippen LogP) is 1.55. The zero-order valence-electron chi connectivity index (χ0n) is 8.96. The Morgan fingerprint density at radius 3 is 2.88 bits per heavy atom. The first kappa shape index (κ1) is 12.1. The van der Waals surface area contributed by atoms with Crippen LogP contribution in [0.15, 0.2) is 18.2 Å². The summed E-state index contributed by atoms with van der Waals surface area (Å²) in [5.74, 6) is 1.23. The normalized spacial score (nSPS) is 11.6. The fourth-order valence-electron chi connectivity index (χ4n) is 1.21. The number of benzene rings is 1. The Bertz CT molecular complexity index is 437. The van der Waals surface area contributed by atoms with Gasteiger partial charge < -0.3 is 11.1 Å². The third-order valence-electron chi connectivity index (χ3n) is 2.15. The maximum absolute atomic E-state index is 13.4. The van der Waals surface area contributed by atoms with E-state index in [-0.39, 0.29) is 17.3 Å². The number of terminal acetylenes is 1. The van der Waals surface area contributed by atoms with Gasteiger partial charge in [-0.1, -0.05) is 12.8 Å². The molecular formula is C12H13FN2O. The smallest absolute Gasteiger partial charge is 0.255 e. The molecule has 0 aliphatic carbocycles. The van der Waals surface area contributed by atoms with Crippen molar-refractivity contribution in [2.24, 2.45) is 0 Å². The van der Waals surface area contributed by atoms with Crippen molar-refractivity contribution in [1.82, 2.24) is 5.32 Å². The molecule has 16 heavy (non-hydrogen) atoms. The van der Waals surface area contributed by atoms with Crippen molar-refractivity contribution >= 4 is 11.6 Å². The minimum atomic E-state index is -0.649. The maximum Gasteiger partial charge on any atom is 0.255 e. The molecule has 1 unspecified atom stereocenters. The number of hydrogen-bond donors (Lipinski definition) is 2. The van der Waals surface area contributed by atoms with Crippen LogP contribution in [0.3, 0.4) is 0 Å². The van der Waals surface area contributed by atoms with Crippen LogP contribution in [-0.2, 0) is 0 Å². The van der Waals surface area contributed by atoms with Gasteiger partial charge >= 0.3 is 0 Å². The van der Waals surface area contributed by atoms with Gasteiger partial charge in [0.15, 0.2) is 0 Å². The highest BCUT2D eigenvalue weighted by atomic mass is 19.1. The highest BCUT2D eigenvalue weighted by molar-refractivity contribution is 5.95. The Morgan fingerprint density at radius 2 is 2.38 bits per heavy atom. The monoisotopic (exact) mass is 220 g/mol. The summed E-state index contributed by atoms with van der Waals surface area (Å²) in [5, 5.41) is 2.54. The van der Waals surface area contributed by atoms with Crippen molar-refractivity contribution < 1.29 is 9.18 Å². The third kappa shape index (κ3) is 2.74. The van der Waals surface area contributed by atoms with E-state index in [1.807, 2.05) is 6.92 Å². The number of rotatable bonds is 3. The quantitative estimate of drug-likeness (QED) is 0.599. The largest absolute Gasteiger partial charge is 0.399 e. The molecule has 1 aromatic carbocycles. The molecule has 1 atom stereocenters. The zero-order chi connectivity index (χ0) is 12.1. The Balaban J connectivity index is 2.85. The first-order chi connectivity index (χ1) is 7.58. The van der Waals surface area contributed by atoms with Crippen LogP contribution in [0.4, 0.5) is 10.1 Å². The van der Waals surface area contributed by atoms with E-state index in [0.29, 0.717) is 6.42 Å². The molecule has 0 spiro atoms. The lowest BCUT2D eigenvalue weighted by Crippen LogP contribution is -2.33. The molecule has 1 rings (SSSR count). The van der Waals surface area contributed by atoms with E-state index in [1.165, 1.54) is 12.1 Å². The summed E-state index contributed by atoms with van der Waals surface area (Å²) >= 11 is 0. The number of carbonyl (C=O) groups excluding carboxylic acids is 1. The van der Waals surface area contributed by atoms with Crippen LogP contribution in [0.25, 0.3) is 0 Å². The van der Waals surface area contributed by atoms with Gasteiger partial charge in [-0.15, -0.1) is 6.42 Å². The molecular weight excluding hydrogens is 207 g/mol. The number of anilines is 1. The summed E-state index contributed by atoms with van der Waals surface area (Å²) in [4.78, 5) is 11.6. The Morgan fingerprint density at radius 1 is 1.69 bits per heavy atom. The Hall–Kier alpha value is -2.02. The summed E-state index contributed by atoms with van der Waals surface area (Å²) in [7, 11) is 0.